The largest absolute Gasteiger partial charge is 0.465 e. The van der Waals surface area contributed by atoms with E-state index in [0.717, 1.165) is 24.2 Å². The van der Waals surface area contributed by atoms with Gasteiger partial charge < -0.3 is 9.64 Å². The molecule has 0 saturated heterocycles. The average Bonchev–Trinajstić information content (AvgIpc) is 3.07. The van der Waals surface area contributed by atoms with E-state index in [1.54, 1.807) is 6.92 Å². The number of ether oxygens (including phenoxy) is 1. The van der Waals surface area contributed by atoms with E-state index in [2.05, 4.69) is 9.72 Å². The number of aryl methyl sites for hydroxylation is 1. The van der Waals surface area contributed by atoms with E-state index in [0.29, 0.717) is 5.69 Å². The second-order valence-electron chi connectivity index (χ2n) is 4.38. The molecule has 0 unspecified atom stereocenters. The predicted molar refractivity (Wildman–Crippen MR) is 64.6 cm³/mol. The zero-order valence-electron chi connectivity index (χ0n) is 10.5. The van der Waals surface area contributed by atoms with Crippen molar-refractivity contribution in [3.8, 4) is 0 Å². The summed E-state index contributed by atoms with van der Waals surface area (Å²) in [6.45, 7) is 0.552. The lowest BCUT2D eigenvalue weighted by atomic mass is 10.4. The fourth-order valence-electron chi connectivity index (χ4n) is 1.72. The Morgan fingerprint density at radius 3 is 2.63 bits per heavy atom. The van der Waals surface area contributed by atoms with Crippen molar-refractivity contribution in [2.24, 2.45) is 0 Å². The molecular weight excluding hydrogens is 281 g/mol. The van der Waals surface area contributed by atoms with Gasteiger partial charge in [0, 0.05) is 6.04 Å². The van der Waals surface area contributed by atoms with Crippen molar-refractivity contribution in [3.05, 3.63) is 10.6 Å². The van der Waals surface area contributed by atoms with Crippen LogP contribution >= 0.6 is 11.3 Å². The zero-order chi connectivity index (χ0) is 14.2. The molecule has 4 nitrogen and oxygen atoms in total. The summed E-state index contributed by atoms with van der Waals surface area (Å²) in [6.07, 6.45) is -2.84. The van der Waals surface area contributed by atoms with Crippen molar-refractivity contribution in [1.29, 1.82) is 0 Å². The number of hydrogen-bond donors (Lipinski definition) is 0. The third-order valence-corrected chi connectivity index (χ3v) is 3.91. The Balaban J connectivity index is 2.25. The van der Waals surface area contributed by atoms with Crippen molar-refractivity contribution < 1.29 is 22.7 Å². The van der Waals surface area contributed by atoms with Gasteiger partial charge in [0.25, 0.3) is 0 Å². The van der Waals surface area contributed by atoms with E-state index in [4.69, 9.17) is 0 Å². The molecule has 1 saturated carbocycles. The van der Waals surface area contributed by atoms with Crippen LogP contribution in [-0.4, -0.2) is 36.8 Å². The van der Waals surface area contributed by atoms with Gasteiger partial charge in [0.2, 0.25) is 0 Å². The maximum Gasteiger partial charge on any atom is 0.406 e. The van der Waals surface area contributed by atoms with E-state index < -0.39 is 18.7 Å². The zero-order valence-corrected chi connectivity index (χ0v) is 11.3. The molecule has 1 aromatic rings. The number of carbonyl (C=O) groups is 1. The van der Waals surface area contributed by atoms with Gasteiger partial charge in [0.15, 0.2) is 5.13 Å². The number of thiazole rings is 1. The van der Waals surface area contributed by atoms with Gasteiger partial charge in [0.1, 0.15) is 11.4 Å². The van der Waals surface area contributed by atoms with E-state index in [-0.39, 0.29) is 16.1 Å². The number of alkyl halides is 3. The molecule has 1 aliphatic carbocycles. The van der Waals surface area contributed by atoms with Crippen LogP contribution < -0.4 is 4.90 Å². The molecule has 0 atom stereocenters. The summed E-state index contributed by atoms with van der Waals surface area (Å²) < 4.78 is 42.2. The number of methoxy groups -OCH3 is 1. The maximum absolute atomic E-state index is 12.6. The third-order valence-electron chi connectivity index (χ3n) is 2.74. The first-order chi connectivity index (χ1) is 8.81. The number of rotatable bonds is 4. The highest BCUT2D eigenvalue weighted by Gasteiger charge is 2.39. The van der Waals surface area contributed by atoms with Crippen molar-refractivity contribution in [3.63, 3.8) is 0 Å². The summed E-state index contributed by atoms with van der Waals surface area (Å²) in [7, 11) is 1.23. The van der Waals surface area contributed by atoms with Crippen LogP contribution in [0.25, 0.3) is 0 Å². The van der Waals surface area contributed by atoms with E-state index in [1.807, 2.05) is 0 Å². The minimum atomic E-state index is -4.28. The number of carbonyl (C=O) groups excluding carboxylic acids is 1. The van der Waals surface area contributed by atoms with E-state index in [1.165, 1.54) is 12.0 Å². The van der Waals surface area contributed by atoms with Crippen LogP contribution in [0.15, 0.2) is 0 Å². The number of halogens is 3. The second kappa shape index (κ2) is 4.99. The molecule has 8 heteroatoms. The highest BCUT2D eigenvalue weighted by atomic mass is 32.1. The van der Waals surface area contributed by atoms with Gasteiger partial charge in [-0.1, -0.05) is 11.3 Å². The molecule has 2 rings (SSSR count). The summed E-state index contributed by atoms with van der Waals surface area (Å²) in [5.74, 6) is -0.566. The van der Waals surface area contributed by atoms with Crippen LogP contribution in [0, 0.1) is 6.92 Å². The topological polar surface area (TPSA) is 42.4 Å². The van der Waals surface area contributed by atoms with Gasteiger partial charge in [0.05, 0.1) is 12.8 Å². The Morgan fingerprint density at radius 1 is 1.53 bits per heavy atom. The summed E-state index contributed by atoms with van der Waals surface area (Å²) in [5.41, 5.74) is 0.402. The van der Waals surface area contributed by atoms with Gasteiger partial charge in [-0.25, -0.2) is 9.78 Å². The van der Waals surface area contributed by atoms with E-state index in [9.17, 15) is 18.0 Å². The minimum Gasteiger partial charge on any atom is -0.465 e. The van der Waals surface area contributed by atoms with Gasteiger partial charge in [-0.3, -0.25) is 0 Å². The molecule has 1 heterocycles. The number of nitrogens with zero attached hydrogens (tertiary/aromatic N) is 2. The van der Waals surface area contributed by atoms with Crippen LogP contribution in [0.5, 0.6) is 0 Å². The molecule has 0 spiro atoms. The van der Waals surface area contributed by atoms with Gasteiger partial charge in [-0.05, 0) is 19.8 Å². The van der Waals surface area contributed by atoms with Crippen LogP contribution in [-0.2, 0) is 4.74 Å². The molecule has 1 fully saturated rings. The molecular formula is C11H13F3N2O2S. The first-order valence-corrected chi connectivity index (χ1v) is 6.52. The summed E-state index contributed by atoms with van der Waals surface area (Å²) in [5, 5.41) is 0.234. The first-order valence-electron chi connectivity index (χ1n) is 5.71. The predicted octanol–water partition coefficient (Wildman–Crippen LogP) is 2.77. The van der Waals surface area contributed by atoms with Crippen LogP contribution in [0.2, 0.25) is 0 Å². The standard InChI is InChI=1S/C11H13F3N2O2S/c1-6-8(9(17)18-2)19-10(15-6)16(7-3-4-7)5-11(12,13)14/h7H,3-5H2,1-2H3. The average molecular weight is 294 g/mol. The molecule has 0 amide bonds. The lowest BCUT2D eigenvalue weighted by Crippen LogP contribution is -2.35. The molecule has 0 N–H and O–H groups in total. The maximum atomic E-state index is 12.6. The molecule has 0 aliphatic heterocycles. The number of anilines is 1. The highest BCUT2D eigenvalue weighted by molar-refractivity contribution is 7.17. The third kappa shape index (κ3) is 3.37. The second-order valence-corrected chi connectivity index (χ2v) is 5.35. The first kappa shape index (κ1) is 14.1. The Bertz CT molecular complexity index is 483. The SMILES string of the molecule is COC(=O)c1sc(N(CC(F)(F)F)C2CC2)nc1C. The molecule has 1 aliphatic rings. The molecule has 0 bridgehead atoms. The van der Waals surface area contributed by atoms with E-state index >= 15 is 0 Å². The number of aromatic nitrogens is 1. The fraction of sp³-hybridized carbons (Fsp3) is 0.636. The van der Waals surface area contributed by atoms with Crippen molar-refractivity contribution >= 4 is 22.4 Å². The summed E-state index contributed by atoms with van der Waals surface area (Å²) in [6, 6.07) is -0.127. The van der Waals surface area contributed by atoms with Crippen LogP contribution in [0.4, 0.5) is 18.3 Å². The van der Waals surface area contributed by atoms with Gasteiger partial charge in [-0.2, -0.15) is 13.2 Å². The minimum absolute atomic E-state index is 0.127. The Morgan fingerprint density at radius 2 is 2.16 bits per heavy atom. The Kier molecular flexibility index (Phi) is 3.71. The molecule has 19 heavy (non-hydrogen) atoms. The summed E-state index contributed by atoms with van der Waals surface area (Å²) in [4.78, 5) is 17.0. The van der Waals surface area contributed by atoms with Gasteiger partial charge in [-0.15, -0.1) is 0 Å². The quantitative estimate of drug-likeness (QED) is 0.801. The molecule has 1 aromatic heterocycles. The Labute approximate surface area is 112 Å². The summed E-state index contributed by atoms with van der Waals surface area (Å²) >= 11 is 0.950. The fourth-order valence-corrected chi connectivity index (χ4v) is 2.78. The lowest BCUT2D eigenvalue weighted by molar-refractivity contribution is -0.120. The van der Waals surface area contributed by atoms with Crippen LogP contribution in [0.1, 0.15) is 28.2 Å². The lowest BCUT2D eigenvalue weighted by Gasteiger charge is -2.22. The number of esters is 1. The van der Waals surface area contributed by atoms with Crippen molar-refractivity contribution in [2.75, 3.05) is 18.6 Å². The highest BCUT2D eigenvalue weighted by Crippen LogP contribution is 2.37. The number of hydrogen-bond acceptors (Lipinski definition) is 5. The monoisotopic (exact) mass is 294 g/mol. The Hall–Kier alpha value is -1.31. The molecule has 0 radical (unpaired) electrons. The molecule has 106 valence electrons. The van der Waals surface area contributed by atoms with Crippen LogP contribution in [0.3, 0.4) is 0 Å². The van der Waals surface area contributed by atoms with Gasteiger partial charge >= 0.3 is 12.1 Å². The normalized spacial score (nSPS) is 15.4. The smallest absolute Gasteiger partial charge is 0.406 e. The van der Waals surface area contributed by atoms with Crippen molar-refractivity contribution in [1.82, 2.24) is 4.98 Å². The molecule has 0 aromatic carbocycles. The van der Waals surface area contributed by atoms with Crippen molar-refractivity contribution in [2.45, 2.75) is 32.0 Å².